The van der Waals surface area contributed by atoms with E-state index >= 15 is 0 Å². The van der Waals surface area contributed by atoms with E-state index in [1.54, 1.807) is 12.1 Å². The minimum atomic E-state index is -0.552. The molecule has 0 aromatic heterocycles. The van der Waals surface area contributed by atoms with Crippen LogP contribution in [0.4, 0.5) is 4.39 Å². The molecule has 0 heterocycles. The number of esters is 1. The van der Waals surface area contributed by atoms with Gasteiger partial charge in [-0.15, -0.1) is 0 Å². The van der Waals surface area contributed by atoms with Crippen molar-refractivity contribution in [1.29, 1.82) is 0 Å². The molecule has 0 radical (unpaired) electrons. The topological polar surface area (TPSA) is 55.4 Å². The van der Waals surface area contributed by atoms with Crippen LogP contribution in [-0.4, -0.2) is 18.4 Å². The van der Waals surface area contributed by atoms with E-state index in [4.69, 9.17) is 16.3 Å². The summed E-state index contributed by atoms with van der Waals surface area (Å²) in [4.78, 5) is 24.4. The Kier molecular flexibility index (Phi) is 12.6. The number of rotatable bonds is 14. The van der Waals surface area contributed by atoms with E-state index in [0.717, 1.165) is 12.8 Å². The van der Waals surface area contributed by atoms with E-state index < -0.39 is 11.8 Å². The number of halogens is 3. The highest BCUT2D eigenvalue weighted by Crippen LogP contribution is 2.39. The minimum absolute atomic E-state index is 0.0572. The molecule has 0 bridgehead atoms. The molecule has 2 aromatic rings. The van der Waals surface area contributed by atoms with Gasteiger partial charge in [0.15, 0.2) is 5.75 Å². The summed E-state index contributed by atoms with van der Waals surface area (Å²) in [6.07, 6.45) is 12.3. The molecule has 4 nitrogen and oxygen atoms in total. The van der Waals surface area contributed by atoms with Crippen molar-refractivity contribution >= 4 is 39.4 Å². The van der Waals surface area contributed by atoms with Gasteiger partial charge >= 0.3 is 5.97 Å². The fourth-order valence-electron chi connectivity index (χ4n) is 3.77. The van der Waals surface area contributed by atoms with Gasteiger partial charge in [-0.2, -0.15) is 0 Å². The van der Waals surface area contributed by atoms with Crippen LogP contribution < -0.4 is 10.1 Å². The van der Waals surface area contributed by atoms with Gasteiger partial charge in [0.2, 0.25) is 0 Å². The Balaban J connectivity index is 1.94. The van der Waals surface area contributed by atoms with Gasteiger partial charge in [0.1, 0.15) is 5.82 Å². The van der Waals surface area contributed by atoms with Crippen molar-refractivity contribution in [3.8, 4) is 16.9 Å². The zero-order valence-electron chi connectivity index (χ0n) is 20.0. The minimum Gasteiger partial charge on any atom is -0.425 e. The van der Waals surface area contributed by atoms with Gasteiger partial charge in [-0.25, -0.2) is 4.39 Å². The van der Waals surface area contributed by atoms with Crippen molar-refractivity contribution in [3.05, 3.63) is 51.2 Å². The Morgan fingerprint density at radius 3 is 2.18 bits per heavy atom. The van der Waals surface area contributed by atoms with Gasteiger partial charge in [-0.05, 0) is 52.2 Å². The van der Waals surface area contributed by atoms with Gasteiger partial charge in [-0.1, -0.05) is 82.4 Å². The fraction of sp³-hybridized carbons (Fsp3) is 0.481. The van der Waals surface area contributed by atoms with Gasteiger partial charge in [-0.3, -0.25) is 9.59 Å². The summed E-state index contributed by atoms with van der Waals surface area (Å²) in [7, 11) is 0. The summed E-state index contributed by atoms with van der Waals surface area (Å²) in [6.45, 7) is 4.12. The van der Waals surface area contributed by atoms with Gasteiger partial charge < -0.3 is 10.1 Å². The average Bonchev–Trinajstić information content (AvgIpc) is 2.80. The number of benzene rings is 2. The molecule has 0 aliphatic heterocycles. The summed E-state index contributed by atoms with van der Waals surface area (Å²) in [5.41, 5.74) is 1.41. The molecule has 0 aliphatic rings. The SMILES string of the molecule is CCCCCCCCCCCCNC(=O)c1cc(Br)c(OC(C)=O)c(-c2ccc(F)c(Cl)c2)c1. The number of amides is 1. The molecule has 7 heteroatoms. The lowest BCUT2D eigenvalue weighted by Gasteiger charge is -2.14. The second-order valence-corrected chi connectivity index (χ2v) is 9.76. The van der Waals surface area contributed by atoms with Crippen LogP contribution in [0, 0.1) is 5.82 Å². The standard InChI is InChI=1S/C27H34BrClFNO3/c1-3-4-5-6-7-8-9-10-11-12-15-31-27(33)21-16-22(20-13-14-25(30)24(29)18-20)26(23(28)17-21)34-19(2)32/h13-14,16-18H,3-12,15H2,1-2H3,(H,31,33). The molecule has 2 rings (SSSR count). The predicted octanol–water partition coefficient (Wildman–Crippen LogP) is 8.48. The largest absolute Gasteiger partial charge is 0.425 e. The molecule has 1 amide bonds. The van der Waals surface area contributed by atoms with E-state index in [2.05, 4.69) is 28.2 Å². The molecular formula is C27H34BrClFNO3. The third-order valence-corrected chi connectivity index (χ3v) is 6.48. The monoisotopic (exact) mass is 553 g/mol. The second-order valence-electron chi connectivity index (χ2n) is 8.50. The molecule has 34 heavy (non-hydrogen) atoms. The molecule has 0 saturated carbocycles. The summed E-state index contributed by atoms with van der Waals surface area (Å²) >= 11 is 9.35. The number of ether oxygens (including phenoxy) is 1. The highest BCUT2D eigenvalue weighted by atomic mass is 79.9. The third-order valence-electron chi connectivity index (χ3n) is 5.60. The number of hydrogen-bond acceptors (Lipinski definition) is 3. The molecule has 0 unspecified atom stereocenters. The Morgan fingerprint density at radius 2 is 1.59 bits per heavy atom. The first-order valence-corrected chi connectivity index (χ1v) is 13.3. The van der Waals surface area contributed by atoms with Gasteiger partial charge in [0.25, 0.3) is 5.91 Å². The Bertz CT molecular complexity index is 967. The molecule has 186 valence electrons. The first kappa shape index (κ1) is 28.3. The van der Waals surface area contributed by atoms with Crippen LogP contribution in [0.15, 0.2) is 34.8 Å². The quantitative estimate of drug-likeness (QED) is 0.145. The molecule has 0 aliphatic carbocycles. The van der Waals surface area contributed by atoms with E-state index in [0.29, 0.717) is 27.7 Å². The zero-order chi connectivity index (χ0) is 24.9. The van der Waals surface area contributed by atoms with Gasteiger partial charge in [0.05, 0.1) is 9.50 Å². The highest BCUT2D eigenvalue weighted by molar-refractivity contribution is 9.10. The molecule has 2 aromatic carbocycles. The molecule has 0 atom stereocenters. The first-order valence-electron chi connectivity index (χ1n) is 12.1. The van der Waals surface area contributed by atoms with E-state index in [1.165, 1.54) is 76.5 Å². The van der Waals surface area contributed by atoms with E-state index in [1.807, 2.05) is 0 Å². The third kappa shape index (κ3) is 9.38. The van der Waals surface area contributed by atoms with Crippen LogP contribution in [0.1, 0.15) is 88.4 Å². The lowest BCUT2D eigenvalue weighted by Crippen LogP contribution is -2.24. The maximum absolute atomic E-state index is 13.7. The highest BCUT2D eigenvalue weighted by Gasteiger charge is 2.18. The Morgan fingerprint density at radius 1 is 0.971 bits per heavy atom. The van der Waals surface area contributed by atoms with E-state index in [-0.39, 0.29) is 16.7 Å². The number of unbranched alkanes of at least 4 members (excludes halogenated alkanes) is 9. The molecule has 0 fully saturated rings. The van der Waals surface area contributed by atoms with Crippen molar-refractivity contribution in [2.45, 2.75) is 78.1 Å². The van der Waals surface area contributed by atoms with Crippen LogP contribution in [-0.2, 0) is 4.79 Å². The van der Waals surface area contributed by atoms with Gasteiger partial charge in [0, 0.05) is 24.6 Å². The summed E-state index contributed by atoms with van der Waals surface area (Å²) < 4.78 is 19.5. The van der Waals surface area contributed by atoms with Crippen molar-refractivity contribution in [2.24, 2.45) is 0 Å². The van der Waals surface area contributed by atoms with Crippen LogP contribution in [0.2, 0.25) is 5.02 Å². The molecule has 1 N–H and O–H groups in total. The normalized spacial score (nSPS) is 10.9. The number of hydrogen-bond donors (Lipinski definition) is 1. The van der Waals surface area contributed by atoms with E-state index in [9.17, 15) is 14.0 Å². The molecule has 0 spiro atoms. The summed E-state index contributed by atoms with van der Waals surface area (Å²) in [6, 6.07) is 7.45. The Hall–Kier alpha value is -1.92. The van der Waals surface area contributed by atoms with Crippen LogP contribution >= 0.6 is 27.5 Å². The van der Waals surface area contributed by atoms with Crippen molar-refractivity contribution in [1.82, 2.24) is 5.32 Å². The lowest BCUT2D eigenvalue weighted by molar-refractivity contribution is -0.131. The van der Waals surface area contributed by atoms with Crippen LogP contribution in [0.3, 0.4) is 0 Å². The van der Waals surface area contributed by atoms with Crippen molar-refractivity contribution in [2.75, 3.05) is 6.54 Å². The molecular weight excluding hydrogens is 521 g/mol. The summed E-state index contributed by atoms with van der Waals surface area (Å²) in [5.74, 6) is -1.03. The maximum Gasteiger partial charge on any atom is 0.308 e. The number of carbonyl (C=O) groups excluding carboxylic acids is 2. The van der Waals surface area contributed by atoms with Crippen LogP contribution in [0.25, 0.3) is 11.1 Å². The predicted molar refractivity (Wildman–Crippen MR) is 140 cm³/mol. The molecule has 0 saturated heterocycles. The average molecular weight is 555 g/mol. The summed E-state index contributed by atoms with van der Waals surface area (Å²) in [5, 5.41) is 2.90. The van der Waals surface area contributed by atoms with Crippen molar-refractivity contribution < 1.29 is 18.7 Å². The van der Waals surface area contributed by atoms with Crippen LogP contribution in [0.5, 0.6) is 5.75 Å². The zero-order valence-corrected chi connectivity index (χ0v) is 22.4. The first-order chi connectivity index (χ1) is 16.3. The number of carbonyl (C=O) groups is 2. The lowest BCUT2D eigenvalue weighted by atomic mass is 10.0. The Labute approximate surface area is 215 Å². The smallest absolute Gasteiger partial charge is 0.308 e. The van der Waals surface area contributed by atoms with Crippen molar-refractivity contribution in [3.63, 3.8) is 0 Å². The number of nitrogens with one attached hydrogen (secondary N) is 1. The fourth-order valence-corrected chi connectivity index (χ4v) is 4.49. The maximum atomic E-state index is 13.7. The second kappa shape index (κ2) is 15.2.